The molecule has 1 aromatic carbocycles. The largest absolute Gasteiger partial charge is 0.395 e. The quantitative estimate of drug-likeness (QED) is 0.710. The van der Waals surface area contributed by atoms with Crippen LogP contribution < -0.4 is 10.2 Å². The van der Waals surface area contributed by atoms with Crippen molar-refractivity contribution in [1.29, 1.82) is 0 Å². The van der Waals surface area contributed by atoms with Crippen LogP contribution in [0.15, 0.2) is 12.1 Å². The van der Waals surface area contributed by atoms with Crippen LogP contribution in [0.5, 0.6) is 0 Å². The summed E-state index contributed by atoms with van der Waals surface area (Å²) in [5.41, 5.74) is 4.43. The van der Waals surface area contributed by atoms with Gasteiger partial charge < -0.3 is 20.4 Å². The summed E-state index contributed by atoms with van der Waals surface area (Å²) in [6.07, 6.45) is 0. The maximum Gasteiger partial charge on any atom is 0.232 e. The van der Waals surface area contributed by atoms with E-state index < -0.39 is 0 Å². The molecule has 1 heterocycles. The molecule has 0 spiro atoms. The van der Waals surface area contributed by atoms with E-state index in [9.17, 15) is 10.2 Å². The van der Waals surface area contributed by atoms with Gasteiger partial charge in [0, 0.05) is 18.8 Å². The fourth-order valence-electron chi connectivity index (χ4n) is 2.71. The molecule has 0 bridgehead atoms. The van der Waals surface area contributed by atoms with Gasteiger partial charge in [0.2, 0.25) is 11.9 Å². The molecule has 0 unspecified atom stereocenters. The van der Waals surface area contributed by atoms with Crippen LogP contribution >= 0.6 is 0 Å². The molecule has 0 aliphatic heterocycles. The first-order valence-electron chi connectivity index (χ1n) is 7.98. The van der Waals surface area contributed by atoms with Crippen LogP contribution in [0, 0.1) is 27.7 Å². The second kappa shape index (κ2) is 8.03. The molecule has 0 atom stereocenters. The van der Waals surface area contributed by atoms with E-state index in [0.29, 0.717) is 30.8 Å². The molecule has 130 valence electrons. The summed E-state index contributed by atoms with van der Waals surface area (Å²) in [7, 11) is 0. The fourth-order valence-corrected chi connectivity index (χ4v) is 2.71. The van der Waals surface area contributed by atoms with Crippen molar-refractivity contribution in [2.45, 2.75) is 27.7 Å². The van der Waals surface area contributed by atoms with Gasteiger partial charge in [0.1, 0.15) is 5.82 Å². The van der Waals surface area contributed by atoms with Gasteiger partial charge in [-0.2, -0.15) is 15.0 Å². The summed E-state index contributed by atoms with van der Waals surface area (Å²) >= 11 is 0. The maximum atomic E-state index is 9.19. The minimum absolute atomic E-state index is 0.0380. The number of hydrogen-bond acceptors (Lipinski definition) is 7. The zero-order valence-electron chi connectivity index (χ0n) is 14.7. The van der Waals surface area contributed by atoms with Crippen LogP contribution in [0.3, 0.4) is 0 Å². The van der Waals surface area contributed by atoms with Crippen molar-refractivity contribution >= 4 is 17.6 Å². The molecular weight excluding hydrogens is 306 g/mol. The Morgan fingerprint density at radius 2 is 1.50 bits per heavy atom. The zero-order valence-corrected chi connectivity index (χ0v) is 14.7. The summed E-state index contributed by atoms with van der Waals surface area (Å²) in [6.45, 7) is 8.57. The molecule has 24 heavy (non-hydrogen) atoms. The predicted molar refractivity (Wildman–Crippen MR) is 94.9 cm³/mol. The number of nitrogens with one attached hydrogen (secondary N) is 1. The second-order valence-corrected chi connectivity index (χ2v) is 5.84. The first-order valence-corrected chi connectivity index (χ1v) is 7.98. The van der Waals surface area contributed by atoms with Crippen molar-refractivity contribution in [2.75, 3.05) is 36.5 Å². The SMILES string of the molecule is Cc1cc(C)c(Nc2nc(C)nc(N(CCO)CCO)n2)c(C)c1. The van der Waals surface area contributed by atoms with Gasteiger partial charge in [-0.05, 0) is 38.8 Å². The predicted octanol–water partition coefficient (Wildman–Crippen LogP) is 1.64. The molecule has 0 amide bonds. The molecule has 0 saturated carbocycles. The first-order chi connectivity index (χ1) is 11.4. The van der Waals surface area contributed by atoms with E-state index in [4.69, 9.17) is 0 Å². The summed E-state index contributed by atoms with van der Waals surface area (Å²) in [5, 5.41) is 21.6. The summed E-state index contributed by atoms with van der Waals surface area (Å²) in [4.78, 5) is 14.8. The third kappa shape index (κ3) is 4.39. The number of hydrogen-bond donors (Lipinski definition) is 3. The van der Waals surface area contributed by atoms with Crippen molar-refractivity contribution in [3.63, 3.8) is 0 Å². The lowest BCUT2D eigenvalue weighted by atomic mass is 10.1. The van der Waals surface area contributed by atoms with E-state index in [1.807, 2.05) is 13.8 Å². The van der Waals surface area contributed by atoms with Gasteiger partial charge in [-0.25, -0.2) is 0 Å². The van der Waals surface area contributed by atoms with Gasteiger partial charge >= 0.3 is 0 Å². The molecule has 0 fully saturated rings. The highest BCUT2D eigenvalue weighted by Crippen LogP contribution is 2.25. The molecular formula is C17H25N5O2. The Bertz CT molecular complexity index is 676. The van der Waals surface area contributed by atoms with E-state index in [0.717, 1.165) is 16.8 Å². The lowest BCUT2D eigenvalue weighted by molar-refractivity contribution is 0.280. The maximum absolute atomic E-state index is 9.19. The Balaban J connectivity index is 2.35. The molecule has 0 radical (unpaired) electrons. The molecule has 0 aliphatic rings. The van der Waals surface area contributed by atoms with Crippen LogP contribution in [0.4, 0.5) is 17.6 Å². The molecule has 7 nitrogen and oxygen atoms in total. The normalized spacial score (nSPS) is 10.8. The molecule has 3 N–H and O–H groups in total. The van der Waals surface area contributed by atoms with Gasteiger partial charge in [-0.1, -0.05) is 17.7 Å². The van der Waals surface area contributed by atoms with Crippen molar-refractivity contribution in [2.24, 2.45) is 0 Å². The fraction of sp³-hybridized carbons (Fsp3) is 0.471. The summed E-state index contributed by atoms with van der Waals surface area (Å²) < 4.78 is 0. The number of rotatable bonds is 7. The van der Waals surface area contributed by atoms with E-state index in [2.05, 4.69) is 39.3 Å². The number of aryl methyl sites for hydroxylation is 4. The highest BCUT2D eigenvalue weighted by molar-refractivity contribution is 5.64. The molecule has 0 saturated heterocycles. The number of nitrogens with zero attached hydrogens (tertiary/aromatic N) is 4. The average molecular weight is 331 g/mol. The Morgan fingerprint density at radius 3 is 2.04 bits per heavy atom. The molecule has 0 aliphatic carbocycles. The van der Waals surface area contributed by atoms with Crippen molar-refractivity contribution in [1.82, 2.24) is 15.0 Å². The molecule has 7 heteroatoms. The molecule has 2 rings (SSSR count). The molecule has 2 aromatic rings. The van der Waals surface area contributed by atoms with Gasteiger partial charge in [-0.15, -0.1) is 0 Å². The topological polar surface area (TPSA) is 94.4 Å². The van der Waals surface area contributed by atoms with Crippen LogP contribution in [0.25, 0.3) is 0 Å². The van der Waals surface area contributed by atoms with Gasteiger partial charge in [-0.3, -0.25) is 0 Å². The number of aliphatic hydroxyl groups is 2. The number of anilines is 3. The Morgan fingerprint density at radius 1 is 0.917 bits per heavy atom. The van der Waals surface area contributed by atoms with E-state index in [1.165, 1.54) is 5.56 Å². The number of aromatic nitrogens is 3. The zero-order chi connectivity index (χ0) is 17.7. The van der Waals surface area contributed by atoms with Gasteiger partial charge in [0.15, 0.2) is 0 Å². The van der Waals surface area contributed by atoms with Crippen LogP contribution in [0.1, 0.15) is 22.5 Å². The van der Waals surface area contributed by atoms with Crippen molar-refractivity contribution in [3.8, 4) is 0 Å². The van der Waals surface area contributed by atoms with Gasteiger partial charge in [0.05, 0.1) is 13.2 Å². The van der Waals surface area contributed by atoms with Crippen molar-refractivity contribution < 1.29 is 10.2 Å². The number of aliphatic hydroxyl groups excluding tert-OH is 2. The van der Waals surface area contributed by atoms with Crippen LogP contribution in [-0.4, -0.2) is 51.5 Å². The Kier molecular flexibility index (Phi) is 6.05. The van der Waals surface area contributed by atoms with Crippen LogP contribution in [0.2, 0.25) is 0 Å². The van der Waals surface area contributed by atoms with E-state index in [1.54, 1.807) is 11.8 Å². The standard InChI is InChI=1S/C17H25N5O2/c1-11-9-12(2)15(13(3)10-11)20-16-18-14(4)19-17(21-16)22(5-7-23)6-8-24/h9-10,23-24H,5-8H2,1-4H3,(H,18,19,20,21). The van der Waals surface area contributed by atoms with Crippen LogP contribution in [-0.2, 0) is 0 Å². The first kappa shape index (κ1) is 18.1. The number of benzene rings is 1. The lowest BCUT2D eigenvalue weighted by Gasteiger charge is -2.21. The Hall–Kier alpha value is -2.25. The summed E-state index contributed by atoms with van der Waals surface area (Å²) in [6, 6.07) is 4.21. The average Bonchev–Trinajstić information content (AvgIpc) is 2.50. The monoisotopic (exact) mass is 331 g/mol. The third-order valence-electron chi connectivity index (χ3n) is 3.67. The highest BCUT2D eigenvalue weighted by Gasteiger charge is 2.13. The lowest BCUT2D eigenvalue weighted by Crippen LogP contribution is -2.31. The smallest absolute Gasteiger partial charge is 0.232 e. The Labute approximate surface area is 142 Å². The summed E-state index contributed by atoms with van der Waals surface area (Å²) in [5.74, 6) is 1.47. The van der Waals surface area contributed by atoms with E-state index in [-0.39, 0.29) is 13.2 Å². The highest BCUT2D eigenvalue weighted by atomic mass is 16.3. The van der Waals surface area contributed by atoms with Gasteiger partial charge in [0.25, 0.3) is 0 Å². The third-order valence-corrected chi connectivity index (χ3v) is 3.67. The van der Waals surface area contributed by atoms with Crippen molar-refractivity contribution in [3.05, 3.63) is 34.6 Å². The minimum atomic E-state index is -0.0380. The molecule has 1 aromatic heterocycles. The van der Waals surface area contributed by atoms with E-state index >= 15 is 0 Å². The second-order valence-electron chi connectivity index (χ2n) is 5.84. The minimum Gasteiger partial charge on any atom is -0.395 e.